The Morgan fingerprint density at radius 3 is 2.68 bits per heavy atom. The zero-order valence-electron chi connectivity index (χ0n) is 18.2. The van der Waals surface area contributed by atoms with Crippen molar-refractivity contribution in [1.82, 2.24) is 20.1 Å². The molecule has 3 amide bonds. The van der Waals surface area contributed by atoms with E-state index < -0.39 is 0 Å². The van der Waals surface area contributed by atoms with Gasteiger partial charge in [0.25, 0.3) is 0 Å². The monoisotopic (exact) mass is 446 g/mol. The third-order valence-electron chi connectivity index (χ3n) is 5.99. The second kappa shape index (κ2) is 10.7. The SMILES string of the molecule is CC(=O)NCCc1c[nH]c2c(CCCC3CN(C(=O)CCl)CCN3C(C)=O)cccc12. The number of aryl methyl sites for hydroxylation is 1. The van der Waals surface area contributed by atoms with Gasteiger partial charge in [0.1, 0.15) is 5.88 Å². The number of alkyl halides is 1. The molecule has 1 aliphatic heterocycles. The van der Waals surface area contributed by atoms with Gasteiger partial charge in [0.15, 0.2) is 0 Å². The van der Waals surface area contributed by atoms with E-state index in [1.807, 2.05) is 11.1 Å². The average Bonchev–Trinajstić information content (AvgIpc) is 3.16. The Morgan fingerprint density at radius 2 is 1.97 bits per heavy atom. The van der Waals surface area contributed by atoms with E-state index in [4.69, 9.17) is 11.6 Å². The van der Waals surface area contributed by atoms with Crippen molar-refractivity contribution in [2.24, 2.45) is 0 Å². The Bertz CT molecular complexity index is 942. The second-order valence-corrected chi connectivity index (χ2v) is 8.39. The lowest BCUT2D eigenvalue weighted by Crippen LogP contribution is -2.56. The number of para-hydroxylation sites is 1. The fraction of sp³-hybridized carbons (Fsp3) is 0.522. The first-order chi connectivity index (χ1) is 14.9. The van der Waals surface area contributed by atoms with Crippen LogP contribution in [-0.2, 0) is 27.2 Å². The summed E-state index contributed by atoms with van der Waals surface area (Å²) in [7, 11) is 0. The molecule has 1 atom stereocenters. The fourth-order valence-corrected chi connectivity index (χ4v) is 4.59. The van der Waals surface area contributed by atoms with E-state index in [0.717, 1.165) is 31.2 Å². The summed E-state index contributed by atoms with van der Waals surface area (Å²) in [6.07, 6.45) is 5.43. The summed E-state index contributed by atoms with van der Waals surface area (Å²) in [5.41, 5.74) is 3.56. The van der Waals surface area contributed by atoms with Crippen LogP contribution in [0.1, 0.15) is 37.8 Å². The standard InChI is InChI=1S/C23H31ClN4O3/c1-16(29)25-10-9-19-14-26-23-18(6-4-8-21(19)23)5-3-7-20-15-27(22(31)13-24)11-12-28(20)17(2)30/h4,6,8,14,20,26H,3,5,7,9-13,15H2,1-2H3,(H,25,29). The molecule has 7 nitrogen and oxygen atoms in total. The number of hydrogen-bond donors (Lipinski definition) is 2. The van der Waals surface area contributed by atoms with Crippen molar-refractivity contribution in [1.29, 1.82) is 0 Å². The molecule has 0 aliphatic carbocycles. The van der Waals surface area contributed by atoms with E-state index in [1.54, 1.807) is 11.8 Å². The zero-order chi connectivity index (χ0) is 22.4. The number of nitrogens with zero attached hydrogens (tertiary/aromatic N) is 2. The van der Waals surface area contributed by atoms with Crippen LogP contribution >= 0.6 is 11.6 Å². The van der Waals surface area contributed by atoms with Gasteiger partial charge in [0, 0.05) is 63.2 Å². The van der Waals surface area contributed by atoms with Crippen LogP contribution in [-0.4, -0.2) is 70.6 Å². The number of hydrogen-bond acceptors (Lipinski definition) is 3. The minimum Gasteiger partial charge on any atom is -0.361 e. The minimum atomic E-state index is -0.0715. The zero-order valence-corrected chi connectivity index (χ0v) is 19.0. The smallest absolute Gasteiger partial charge is 0.237 e. The fourth-order valence-electron chi connectivity index (χ4n) is 4.42. The molecule has 168 valence electrons. The quantitative estimate of drug-likeness (QED) is 0.611. The molecule has 2 aromatic rings. The van der Waals surface area contributed by atoms with Gasteiger partial charge in [-0.15, -0.1) is 11.6 Å². The van der Waals surface area contributed by atoms with E-state index in [0.29, 0.717) is 26.2 Å². The lowest BCUT2D eigenvalue weighted by Gasteiger charge is -2.41. The number of halogens is 1. The second-order valence-electron chi connectivity index (χ2n) is 8.12. The largest absolute Gasteiger partial charge is 0.361 e. The van der Waals surface area contributed by atoms with Gasteiger partial charge in [-0.1, -0.05) is 18.2 Å². The van der Waals surface area contributed by atoms with E-state index in [9.17, 15) is 14.4 Å². The first-order valence-electron chi connectivity index (χ1n) is 10.8. The topological polar surface area (TPSA) is 85.5 Å². The first-order valence-corrected chi connectivity index (χ1v) is 11.4. The average molecular weight is 447 g/mol. The number of benzene rings is 1. The van der Waals surface area contributed by atoms with Gasteiger partial charge in [-0.25, -0.2) is 0 Å². The summed E-state index contributed by atoms with van der Waals surface area (Å²) in [6.45, 7) is 5.39. The maximum Gasteiger partial charge on any atom is 0.237 e. The van der Waals surface area contributed by atoms with E-state index in [-0.39, 0.29) is 29.6 Å². The summed E-state index contributed by atoms with van der Waals surface area (Å²) in [6, 6.07) is 6.32. The predicted octanol–water partition coefficient (Wildman–Crippen LogP) is 2.47. The number of aromatic nitrogens is 1. The summed E-state index contributed by atoms with van der Waals surface area (Å²) < 4.78 is 0. The molecule has 0 spiro atoms. The van der Waals surface area contributed by atoms with Crippen LogP contribution in [0.5, 0.6) is 0 Å². The van der Waals surface area contributed by atoms with Crippen LogP contribution in [0.2, 0.25) is 0 Å². The van der Waals surface area contributed by atoms with Gasteiger partial charge >= 0.3 is 0 Å². The number of aromatic amines is 1. The maximum absolute atomic E-state index is 12.1. The van der Waals surface area contributed by atoms with Crippen molar-refractivity contribution in [3.63, 3.8) is 0 Å². The maximum atomic E-state index is 12.1. The van der Waals surface area contributed by atoms with Crippen LogP contribution in [0.4, 0.5) is 0 Å². The normalized spacial score (nSPS) is 16.5. The van der Waals surface area contributed by atoms with E-state index in [1.165, 1.54) is 23.4 Å². The molecule has 3 rings (SSSR count). The van der Waals surface area contributed by atoms with Crippen LogP contribution < -0.4 is 5.32 Å². The molecule has 1 aromatic heterocycles. The molecule has 31 heavy (non-hydrogen) atoms. The van der Waals surface area contributed by atoms with Crippen LogP contribution in [0.25, 0.3) is 10.9 Å². The van der Waals surface area contributed by atoms with E-state index >= 15 is 0 Å². The predicted molar refractivity (Wildman–Crippen MR) is 122 cm³/mol. The molecule has 8 heteroatoms. The van der Waals surface area contributed by atoms with Gasteiger partial charge in [-0.2, -0.15) is 0 Å². The molecule has 1 unspecified atom stereocenters. The van der Waals surface area contributed by atoms with Crippen molar-refractivity contribution in [2.75, 3.05) is 32.1 Å². The Morgan fingerprint density at radius 1 is 1.16 bits per heavy atom. The van der Waals surface area contributed by atoms with Crippen molar-refractivity contribution in [3.8, 4) is 0 Å². The summed E-state index contributed by atoms with van der Waals surface area (Å²) in [4.78, 5) is 42.2. The third kappa shape index (κ3) is 5.79. The van der Waals surface area contributed by atoms with Gasteiger partial charge in [0.2, 0.25) is 17.7 Å². The van der Waals surface area contributed by atoms with Crippen molar-refractivity contribution in [3.05, 3.63) is 35.5 Å². The molecular weight excluding hydrogens is 416 g/mol. The number of amides is 3. The molecule has 2 N–H and O–H groups in total. The van der Waals surface area contributed by atoms with E-state index in [2.05, 4.69) is 28.5 Å². The number of fused-ring (bicyclic) bond motifs is 1. The number of H-pyrrole nitrogens is 1. The number of piperazine rings is 1. The third-order valence-corrected chi connectivity index (χ3v) is 6.22. The molecule has 0 bridgehead atoms. The lowest BCUT2D eigenvalue weighted by atomic mass is 9.99. The molecule has 1 fully saturated rings. The highest BCUT2D eigenvalue weighted by atomic mass is 35.5. The highest BCUT2D eigenvalue weighted by molar-refractivity contribution is 6.27. The first kappa shape index (κ1) is 23.1. The summed E-state index contributed by atoms with van der Waals surface area (Å²) >= 11 is 5.73. The Kier molecular flexibility index (Phi) is 7.96. The number of rotatable bonds is 8. The van der Waals surface area contributed by atoms with Crippen LogP contribution in [0.3, 0.4) is 0 Å². The Hall–Kier alpha value is -2.54. The van der Waals surface area contributed by atoms with Gasteiger partial charge in [-0.3, -0.25) is 14.4 Å². The van der Waals surface area contributed by atoms with Crippen molar-refractivity contribution < 1.29 is 14.4 Å². The number of carbonyl (C=O) groups is 3. The highest BCUT2D eigenvalue weighted by Crippen LogP contribution is 2.24. The van der Waals surface area contributed by atoms with Crippen molar-refractivity contribution in [2.45, 2.75) is 45.6 Å². The molecule has 1 aliphatic rings. The molecule has 0 saturated carbocycles. The number of carbonyl (C=O) groups excluding carboxylic acids is 3. The Balaban J connectivity index is 1.63. The van der Waals surface area contributed by atoms with Gasteiger partial charge < -0.3 is 20.1 Å². The van der Waals surface area contributed by atoms with Crippen LogP contribution in [0.15, 0.2) is 24.4 Å². The lowest BCUT2D eigenvalue weighted by molar-refractivity contribution is -0.140. The molecular formula is C23H31ClN4O3. The molecule has 1 aromatic carbocycles. The summed E-state index contributed by atoms with van der Waals surface area (Å²) in [5.74, 6) is -0.0588. The highest BCUT2D eigenvalue weighted by Gasteiger charge is 2.30. The minimum absolute atomic E-state index is 0.0193. The Labute approximate surface area is 188 Å². The molecule has 1 saturated heterocycles. The van der Waals surface area contributed by atoms with Gasteiger partial charge in [-0.05, 0) is 36.8 Å². The molecule has 0 radical (unpaired) electrons. The molecule has 2 heterocycles. The van der Waals surface area contributed by atoms with Crippen molar-refractivity contribution >= 4 is 40.2 Å². The summed E-state index contributed by atoms with van der Waals surface area (Å²) in [5, 5.41) is 4.03. The van der Waals surface area contributed by atoms with Crippen LogP contribution in [0, 0.1) is 0 Å². The van der Waals surface area contributed by atoms with Gasteiger partial charge in [0.05, 0.1) is 0 Å². The number of nitrogens with one attached hydrogen (secondary N) is 2.